The molecule has 2 nitrogen and oxygen atoms in total. The van der Waals surface area contributed by atoms with Crippen LogP contribution in [0.1, 0.15) is 83.4 Å². The maximum Gasteiger partial charge on any atom is 0.213 e. The van der Waals surface area contributed by atoms with Crippen LogP contribution in [0.3, 0.4) is 0 Å². The van der Waals surface area contributed by atoms with E-state index in [1.807, 2.05) is 0 Å². The van der Waals surface area contributed by atoms with Crippen molar-refractivity contribution in [3.05, 3.63) is 102 Å². The molecular formula is C35H44O2. The fraction of sp³-hybridized carbons (Fsp3) is 0.486. The van der Waals surface area contributed by atoms with Gasteiger partial charge in [0.2, 0.25) is 6.29 Å². The van der Waals surface area contributed by atoms with Gasteiger partial charge in [0.15, 0.2) is 0 Å². The molecule has 3 aromatic rings. The Bertz CT molecular complexity index is 1090. The van der Waals surface area contributed by atoms with E-state index in [9.17, 15) is 0 Å². The molecule has 2 aliphatic rings. The molecule has 4 unspecified atom stereocenters. The molecule has 0 saturated heterocycles. The monoisotopic (exact) mass is 496 g/mol. The Morgan fingerprint density at radius 1 is 0.730 bits per heavy atom. The standard InChI is InChI=1S/C35H44O2/c1-25(2)24-34(3,4)28-18-20-31(21-19-28)36-33(37-32-23-26-16-17-27(32)22-26)35(5,29-12-8-6-9-13-29)30-14-10-7-11-15-30/h6-15,18-21,25-27,32-33H,16-17,22-24H2,1-5H3. The number of ether oxygens (including phenoxy) is 2. The SMILES string of the molecule is CC(C)CC(C)(C)c1ccc(OC(OC2CC3CCC2C3)C(C)(c2ccccc2)c2ccccc2)cc1. The molecule has 0 aromatic heterocycles. The topological polar surface area (TPSA) is 18.5 Å². The Morgan fingerprint density at radius 2 is 1.32 bits per heavy atom. The minimum Gasteiger partial charge on any atom is -0.464 e. The normalized spacial score (nSPS) is 22.4. The van der Waals surface area contributed by atoms with Gasteiger partial charge in [-0.1, -0.05) is 100 Å². The second-order valence-electron chi connectivity index (χ2n) is 12.7. The average molecular weight is 497 g/mol. The van der Waals surface area contributed by atoms with Crippen LogP contribution in [0.15, 0.2) is 84.9 Å². The highest BCUT2D eigenvalue weighted by Gasteiger charge is 2.47. The van der Waals surface area contributed by atoms with Gasteiger partial charge in [-0.2, -0.15) is 0 Å². The van der Waals surface area contributed by atoms with Crippen LogP contribution in [0.5, 0.6) is 5.75 Å². The largest absolute Gasteiger partial charge is 0.464 e. The van der Waals surface area contributed by atoms with Gasteiger partial charge in [-0.05, 0) is 91.0 Å². The molecule has 2 saturated carbocycles. The van der Waals surface area contributed by atoms with Gasteiger partial charge in [-0.15, -0.1) is 0 Å². The highest BCUT2D eigenvalue weighted by molar-refractivity contribution is 5.40. The lowest BCUT2D eigenvalue weighted by molar-refractivity contribution is -0.160. The van der Waals surface area contributed by atoms with Crippen LogP contribution in [0.25, 0.3) is 0 Å². The molecule has 0 aliphatic heterocycles. The van der Waals surface area contributed by atoms with Crippen molar-refractivity contribution in [2.24, 2.45) is 17.8 Å². The van der Waals surface area contributed by atoms with Crippen molar-refractivity contribution >= 4 is 0 Å². The molecule has 2 heteroatoms. The van der Waals surface area contributed by atoms with Gasteiger partial charge in [0.1, 0.15) is 5.75 Å². The quantitative estimate of drug-likeness (QED) is 0.261. The van der Waals surface area contributed by atoms with Gasteiger partial charge in [-0.25, -0.2) is 0 Å². The number of fused-ring (bicyclic) bond motifs is 2. The Labute approximate surface area is 224 Å². The molecule has 0 amide bonds. The summed E-state index contributed by atoms with van der Waals surface area (Å²) in [6, 6.07) is 30.3. The zero-order valence-corrected chi connectivity index (χ0v) is 23.3. The summed E-state index contributed by atoms with van der Waals surface area (Å²) in [6.07, 6.45) is 6.10. The third-order valence-corrected chi connectivity index (χ3v) is 8.99. The van der Waals surface area contributed by atoms with Crippen LogP contribution in [0.2, 0.25) is 0 Å². The summed E-state index contributed by atoms with van der Waals surface area (Å²) >= 11 is 0. The Kier molecular flexibility index (Phi) is 7.50. The maximum absolute atomic E-state index is 7.05. The van der Waals surface area contributed by atoms with E-state index < -0.39 is 11.7 Å². The van der Waals surface area contributed by atoms with E-state index in [-0.39, 0.29) is 11.5 Å². The molecule has 37 heavy (non-hydrogen) atoms. The Hall–Kier alpha value is -2.58. The smallest absolute Gasteiger partial charge is 0.213 e. The molecule has 4 atom stereocenters. The van der Waals surface area contributed by atoms with Crippen molar-refractivity contribution in [1.82, 2.24) is 0 Å². The van der Waals surface area contributed by atoms with E-state index in [1.54, 1.807) is 0 Å². The molecule has 0 N–H and O–H groups in total. The Morgan fingerprint density at radius 3 is 1.81 bits per heavy atom. The number of rotatable bonds is 10. The summed E-state index contributed by atoms with van der Waals surface area (Å²) < 4.78 is 13.9. The van der Waals surface area contributed by atoms with Crippen molar-refractivity contribution in [2.45, 2.75) is 89.9 Å². The van der Waals surface area contributed by atoms with E-state index in [0.29, 0.717) is 11.8 Å². The van der Waals surface area contributed by atoms with E-state index in [1.165, 1.54) is 36.0 Å². The van der Waals surface area contributed by atoms with Crippen molar-refractivity contribution in [3.8, 4) is 5.75 Å². The summed E-state index contributed by atoms with van der Waals surface area (Å²) in [5.74, 6) is 3.00. The van der Waals surface area contributed by atoms with Crippen LogP contribution in [-0.4, -0.2) is 12.4 Å². The van der Waals surface area contributed by atoms with E-state index in [0.717, 1.165) is 24.5 Å². The van der Waals surface area contributed by atoms with Gasteiger partial charge in [0.05, 0.1) is 11.5 Å². The Balaban J connectivity index is 1.50. The van der Waals surface area contributed by atoms with Crippen molar-refractivity contribution < 1.29 is 9.47 Å². The van der Waals surface area contributed by atoms with Gasteiger partial charge in [0, 0.05) is 0 Å². The maximum atomic E-state index is 7.05. The average Bonchev–Trinajstić information content (AvgIpc) is 3.52. The highest BCUT2D eigenvalue weighted by Crippen LogP contribution is 2.48. The fourth-order valence-corrected chi connectivity index (χ4v) is 7.05. The van der Waals surface area contributed by atoms with Crippen LogP contribution in [0, 0.1) is 17.8 Å². The van der Waals surface area contributed by atoms with E-state index in [2.05, 4.69) is 120 Å². The predicted octanol–water partition coefficient (Wildman–Crippen LogP) is 8.93. The lowest BCUT2D eigenvalue weighted by atomic mass is 9.75. The van der Waals surface area contributed by atoms with Crippen LogP contribution >= 0.6 is 0 Å². The number of benzene rings is 3. The molecular weight excluding hydrogens is 452 g/mol. The fourth-order valence-electron chi connectivity index (χ4n) is 7.05. The third-order valence-electron chi connectivity index (χ3n) is 8.99. The number of hydrogen-bond donors (Lipinski definition) is 0. The lowest BCUT2D eigenvalue weighted by Gasteiger charge is -2.41. The first-order valence-corrected chi connectivity index (χ1v) is 14.3. The zero-order chi connectivity index (χ0) is 26.0. The molecule has 0 radical (unpaired) electrons. The zero-order valence-electron chi connectivity index (χ0n) is 23.3. The van der Waals surface area contributed by atoms with E-state index in [4.69, 9.17) is 9.47 Å². The van der Waals surface area contributed by atoms with Gasteiger partial charge < -0.3 is 9.47 Å². The van der Waals surface area contributed by atoms with Crippen molar-refractivity contribution in [3.63, 3.8) is 0 Å². The van der Waals surface area contributed by atoms with Crippen LogP contribution < -0.4 is 4.74 Å². The van der Waals surface area contributed by atoms with Crippen molar-refractivity contribution in [1.29, 1.82) is 0 Å². The molecule has 0 heterocycles. The molecule has 2 bridgehead atoms. The molecule has 2 fully saturated rings. The first-order valence-electron chi connectivity index (χ1n) is 14.3. The third kappa shape index (κ3) is 5.50. The number of hydrogen-bond acceptors (Lipinski definition) is 2. The van der Waals surface area contributed by atoms with Crippen LogP contribution in [0.4, 0.5) is 0 Å². The van der Waals surface area contributed by atoms with Gasteiger partial charge in [0.25, 0.3) is 0 Å². The predicted molar refractivity (Wildman–Crippen MR) is 153 cm³/mol. The molecule has 196 valence electrons. The minimum absolute atomic E-state index is 0.133. The molecule has 5 rings (SSSR count). The summed E-state index contributed by atoms with van der Waals surface area (Å²) in [7, 11) is 0. The summed E-state index contributed by atoms with van der Waals surface area (Å²) in [6.45, 7) is 11.6. The second kappa shape index (κ2) is 10.7. The highest BCUT2D eigenvalue weighted by atomic mass is 16.7. The van der Waals surface area contributed by atoms with Gasteiger partial charge in [-0.3, -0.25) is 0 Å². The molecule has 2 aliphatic carbocycles. The first kappa shape index (κ1) is 26.0. The summed E-state index contributed by atoms with van der Waals surface area (Å²) in [4.78, 5) is 0. The summed E-state index contributed by atoms with van der Waals surface area (Å²) in [5, 5.41) is 0. The molecule has 0 spiro atoms. The minimum atomic E-state index is -0.458. The van der Waals surface area contributed by atoms with E-state index >= 15 is 0 Å². The molecule has 3 aromatic carbocycles. The first-order chi connectivity index (χ1) is 17.8. The van der Waals surface area contributed by atoms with Crippen molar-refractivity contribution in [2.75, 3.05) is 0 Å². The summed E-state index contributed by atoms with van der Waals surface area (Å²) in [5.41, 5.74) is 3.45. The van der Waals surface area contributed by atoms with Crippen LogP contribution in [-0.2, 0) is 15.6 Å². The second-order valence-corrected chi connectivity index (χ2v) is 12.7. The van der Waals surface area contributed by atoms with Gasteiger partial charge >= 0.3 is 0 Å². The lowest BCUT2D eigenvalue weighted by Crippen LogP contribution is -2.46.